The molecule has 0 aromatic heterocycles. The minimum Gasteiger partial charge on any atom is -0.0727 e. The lowest BCUT2D eigenvalue weighted by Gasteiger charge is -2.22. The molecule has 0 N–H and O–H groups in total. The second kappa shape index (κ2) is 5.53. The van der Waals surface area contributed by atoms with E-state index in [2.05, 4.69) is 24.3 Å². The lowest BCUT2D eigenvalue weighted by atomic mass is 9.84. The van der Waals surface area contributed by atoms with Crippen molar-refractivity contribution in [1.82, 2.24) is 0 Å². The quantitative estimate of drug-likeness (QED) is 0.646. The van der Waals surface area contributed by atoms with Crippen molar-refractivity contribution in [2.24, 2.45) is 0 Å². The Bertz CT molecular complexity index is 302. The van der Waals surface area contributed by atoms with Crippen LogP contribution in [0.25, 0.3) is 0 Å². The Kier molecular flexibility index (Phi) is 4.31. The SMILES string of the molecule is ClP(Cl)c1ccc(C2CCCCC2)cc1. The van der Waals surface area contributed by atoms with Gasteiger partial charge in [-0.25, -0.2) is 0 Å². The van der Waals surface area contributed by atoms with E-state index in [0.29, 0.717) is 0 Å². The minimum atomic E-state index is -0.981. The van der Waals surface area contributed by atoms with E-state index in [1.54, 1.807) is 0 Å². The van der Waals surface area contributed by atoms with E-state index >= 15 is 0 Å². The predicted molar refractivity (Wildman–Crippen MR) is 70.5 cm³/mol. The van der Waals surface area contributed by atoms with E-state index in [1.165, 1.54) is 37.7 Å². The average Bonchev–Trinajstić information content (AvgIpc) is 2.30. The van der Waals surface area contributed by atoms with Crippen LogP contribution in [0.4, 0.5) is 0 Å². The van der Waals surface area contributed by atoms with Gasteiger partial charge in [0.05, 0.1) is 0 Å². The van der Waals surface area contributed by atoms with Crippen LogP contribution in [0.1, 0.15) is 43.6 Å². The van der Waals surface area contributed by atoms with Crippen LogP contribution in [0.2, 0.25) is 0 Å². The molecular formula is C12H15Cl2P. The summed E-state index contributed by atoms with van der Waals surface area (Å²) in [7, 11) is 0. The predicted octanol–water partition coefficient (Wildman–Crippen LogP) is 5.15. The van der Waals surface area contributed by atoms with Crippen LogP contribution in [0.5, 0.6) is 0 Å². The molecule has 82 valence electrons. The Morgan fingerprint density at radius 2 is 1.53 bits per heavy atom. The molecule has 0 heterocycles. The summed E-state index contributed by atoms with van der Waals surface area (Å²) < 4.78 is 0. The van der Waals surface area contributed by atoms with Gasteiger partial charge in [-0.1, -0.05) is 66.0 Å². The third-order valence-electron chi connectivity index (χ3n) is 3.16. The van der Waals surface area contributed by atoms with Crippen molar-refractivity contribution < 1.29 is 0 Å². The lowest BCUT2D eigenvalue weighted by Crippen LogP contribution is -2.05. The highest BCUT2D eigenvalue weighted by atomic mass is 35.9. The first-order chi connectivity index (χ1) is 7.27. The molecule has 0 radical (unpaired) electrons. The number of rotatable bonds is 2. The largest absolute Gasteiger partial charge is 0.116 e. The molecule has 3 heteroatoms. The van der Waals surface area contributed by atoms with Gasteiger partial charge in [-0.3, -0.25) is 0 Å². The summed E-state index contributed by atoms with van der Waals surface area (Å²) in [6, 6.07) is 8.56. The standard InChI is InChI=1S/C12H15Cl2P/c13-15(14)12-8-6-11(7-9-12)10-4-2-1-3-5-10/h6-10H,1-5H2. The summed E-state index contributed by atoms with van der Waals surface area (Å²) in [5.41, 5.74) is 1.46. The van der Waals surface area contributed by atoms with Gasteiger partial charge in [0.1, 0.15) is 6.63 Å². The number of hydrogen-bond donors (Lipinski definition) is 0. The van der Waals surface area contributed by atoms with Gasteiger partial charge in [0.25, 0.3) is 0 Å². The zero-order valence-corrected chi connectivity index (χ0v) is 11.0. The fourth-order valence-corrected chi connectivity index (χ4v) is 3.35. The van der Waals surface area contributed by atoms with Crippen molar-refractivity contribution in [3.63, 3.8) is 0 Å². The molecule has 0 atom stereocenters. The van der Waals surface area contributed by atoms with E-state index in [-0.39, 0.29) is 0 Å². The van der Waals surface area contributed by atoms with E-state index in [0.717, 1.165) is 11.2 Å². The molecule has 0 spiro atoms. The fourth-order valence-electron chi connectivity index (χ4n) is 2.30. The van der Waals surface area contributed by atoms with Gasteiger partial charge < -0.3 is 0 Å². The first-order valence-corrected chi connectivity index (χ1v) is 8.64. The smallest absolute Gasteiger partial charge is 0.0727 e. The maximum absolute atomic E-state index is 5.87. The highest BCUT2D eigenvalue weighted by molar-refractivity contribution is 8.08. The molecule has 0 aliphatic heterocycles. The molecular weight excluding hydrogens is 246 g/mol. The van der Waals surface area contributed by atoms with E-state index in [9.17, 15) is 0 Å². The van der Waals surface area contributed by atoms with Crippen LogP contribution in [-0.4, -0.2) is 0 Å². The molecule has 1 aromatic carbocycles. The first-order valence-electron chi connectivity index (χ1n) is 5.49. The van der Waals surface area contributed by atoms with Crippen LogP contribution in [0.15, 0.2) is 24.3 Å². The molecule has 15 heavy (non-hydrogen) atoms. The summed E-state index contributed by atoms with van der Waals surface area (Å²) in [5, 5.41) is 1.06. The zero-order valence-electron chi connectivity index (χ0n) is 8.63. The highest BCUT2D eigenvalue weighted by Crippen LogP contribution is 2.45. The van der Waals surface area contributed by atoms with E-state index in [4.69, 9.17) is 22.5 Å². The van der Waals surface area contributed by atoms with Crippen LogP contribution in [-0.2, 0) is 0 Å². The zero-order chi connectivity index (χ0) is 10.7. The molecule has 1 aliphatic rings. The summed E-state index contributed by atoms with van der Waals surface area (Å²) >= 11 is 11.7. The summed E-state index contributed by atoms with van der Waals surface area (Å²) in [6.45, 7) is -0.981. The molecule has 0 bridgehead atoms. The molecule has 1 saturated carbocycles. The van der Waals surface area contributed by atoms with Gasteiger partial charge in [0, 0.05) is 5.30 Å². The molecule has 1 aromatic rings. The van der Waals surface area contributed by atoms with Gasteiger partial charge in [-0.05, 0) is 24.3 Å². The number of halogens is 2. The second-order valence-corrected chi connectivity index (χ2v) is 7.69. The van der Waals surface area contributed by atoms with Crippen molar-refractivity contribution in [2.75, 3.05) is 0 Å². The number of hydrogen-bond acceptors (Lipinski definition) is 0. The van der Waals surface area contributed by atoms with Crippen LogP contribution in [0, 0.1) is 0 Å². The van der Waals surface area contributed by atoms with Gasteiger partial charge in [-0.2, -0.15) is 0 Å². The van der Waals surface area contributed by atoms with Crippen molar-refractivity contribution in [3.05, 3.63) is 29.8 Å². The third-order valence-corrected chi connectivity index (χ3v) is 5.02. The van der Waals surface area contributed by atoms with E-state index < -0.39 is 6.63 Å². The number of benzene rings is 1. The van der Waals surface area contributed by atoms with Gasteiger partial charge in [0.2, 0.25) is 0 Å². The van der Waals surface area contributed by atoms with Crippen molar-refractivity contribution in [2.45, 2.75) is 38.0 Å². The Morgan fingerprint density at radius 3 is 2.07 bits per heavy atom. The monoisotopic (exact) mass is 260 g/mol. The Labute approximate surface area is 102 Å². The molecule has 1 fully saturated rings. The second-order valence-electron chi connectivity index (χ2n) is 4.16. The van der Waals surface area contributed by atoms with Crippen LogP contribution in [0.3, 0.4) is 0 Å². The minimum absolute atomic E-state index is 0.768. The van der Waals surface area contributed by atoms with Gasteiger partial charge >= 0.3 is 0 Å². The van der Waals surface area contributed by atoms with Crippen LogP contribution < -0.4 is 5.30 Å². The molecule has 0 unspecified atom stereocenters. The third kappa shape index (κ3) is 3.09. The summed E-state index contributed by atoms with van der Waals surface area (Å²) in [6.07, 6.45) is 6.85. The molecule has 0 amide bonds. The molecule has 2 rings (SSSR count). The van der Waals surface area contributed by atoms with Crippen molar-refractivity contribution in [1.29, 1.82) is 0 Å². The summed E-state index contributed by atoms with van der Waals surface area (Å²) in [5.74, 6) is 0.768. The van der Waals surface area contributed by atoms with Crippen molar-refractivity contribution in [3.8, 4) is 0 Å². The topological polar surface area (TPSA) is 0 Å². The molecule has 0 saturated heterocycles. The van der Waals surface area contributed by atoms with Crippen LogP contribution >= 0.6 is 29.1 Å². The maximum Gasteiger partial charge on any atom is 0.116 e. The summed E-state index contributed by atoms with van der Waals surface area (Å²) in [4.78, 5) is 0. The van der Waals surface area contributed by atoms with Gasteiger partial charge in [0.15, 0.2) is 0 Å². The Balaban J connectivity index is 2.08. The van der Waals surface area contributed by atoms with Crippen molar-refractivity contribution >= 4 is 34.4 Å². The lowest BCUT2D eigenvalue weighted by molar-refractivity contribution is 0.443. The van der Waals surface area contributed by atoms with E-state index in [1.807, 2.05) is 0 Å². The fraction of sp³-hybridized carbons (Fsp3) is 0.500. The molecule has 0 nitrogen and oxygen atoms in total. The maximum atomic E-state index is 5.87. The highest BCUT2D eigenvalue weighted by Gasteiger charge is 2.15. The first kappa shape index (κ1) is 11.7. The normalized spacial score (nSPS) is 18.3. The Morgan fingerprint density at radius 1 is 0.933 bits per heavy atom. The average molecular weight is 261 g/mol. The Hall–Kier alpha value is 0.230. The van der Waals surface area contributed by atoms with Gasteiger partial charge in [-0.15, -0.1) is 0 Å². The molecule has 1 aliphatic carbocycles.